The van der Waals surface area contributed by atoms with E-state index in [2.05, 4.69) is 12.2 Å². The molecule has 2 heteroatoms. The molecule has 0 spiro atoms. The van der Waals surface area contributed by atoms with Crippen molar-refractivity contribution in [2.75, 3.05) is 0 Å². The standard InChI is InChI=1S/C7H13NO/c1-3-6(9)8-7(2)4-5-7/h3-5H2,1-2H3,(H,8,9). The van der Waals surface area contributed by atoms with Crippen LogP contribution in [0, 0.1) is 0 Å². The van der Waals surface area contributed by atoms with E-state index in [0.717, 1.165) is 12.8 Å². The first-order valence-corrected chi connectivity index (χ1v) is 3.47. The Bertz CT molecular complexity index is 127. The number of rotatable bonds is 2. The number of carbonyl (C=O) groups excluding carboxylic acids is 1. The Morgan fingerprint density at radius 1 is 1.67 bits per heavy atom. The first-order chi connectivity index (χ1) is 4.16. The van der Waals surface area contributed by atoms with Gasteiger partial charge in [0.1, 0.15) is 0 Å². The van der Waals surface area contributed by atoms with Gasteiger partial charge in [-0.2, -0.15) is 0 Å². The lowest BCUT2D eigenvalue weighted by Crippen LogP contribution is -2.33. The smallest absolute Gasteiger partial charge is 0.220 e. The maximum Gasteiger partial charge on any atom is 0.220 e. The van der Waals surface area contributed by atoms with Crippen molar-refractivity contribution < 1.29 is 4.79 Å². The minimum absolute atomic E-state index is 0.174. The molecule has 0 aromatic heterocycles. The molecule has 0 aliphatic heterocycles. The Morgan fingerprint density at radius 3 is 2.56 bits per heavy atom. The van der Waals surface area contributed by atoms with Gasteiger partial charge in [0, 0.05) is 12.0 Å². The lowest BCUT2D eigenvalue weighted by atomic mass is 10.3. The fourth-order valence-corrected chi connectivity index (χ4v) is 0.737. The molecule has 0 saturated heterocycles. The zero-order valence-corrected chi connectivity index (χ0v) is 6.03. The molecule has 1 saturated carbocycles. The lowest BCUT2D eigenvalue weighted by Gasteiger charge is -2.08. The van der Waals surface area contributed by atoms with Crippen LogP contribution >= 0.6 is 0 Å². The normalized spacial score (nSPS) is 21.1. The number of hydrogen-bond acceptors (Lipinski definition) is 1. The molecule has 1 rings (SSSR count). The van der Waals surface area contributed by atoms with Crippen LogP contribution in [0.25, 0.3) is 0 Å². The molecule has 52 valence electrons. The molecule has 0 unspecified atom stereocenters. The maximum absolute atomic E-state index is 10.8. The van der Waals surface area contributed by atoms with Gasteiger partial charge in [-0.1, -0.05) is 6.92 Å². The van der Waals surface area contributed by atoms with Crippen LogP contribution in [0.3, 0.4) is 0 Å². The van der Waals surface area contributed by atoms with Gasteiger partial charge in [-0.25, -0.2) is 0 Å². The van der Waals surface area contributed by atoms with E-state index in [9.17, 15) is 4.79 Å². The summed E-state index contributed by atoms with van der Waals surface area (Å²) < 4.78 is 0. The van der Waals surface area contributed by atoms with Crippen LogP contribution < -0.4 is 5.32 Å². The van der Waals surface area contributed by atoms with E-state index in [1.54, 1.807) is 0 Å². The fraction of sp³-hybridized carbons (Fsp3) is 0.857. The van der Waals surface area contributed by atoms with Crippen molar-refractivity contribution in [1.82, 2.24) is 5.32 Å². The highest BCUT2D eigenvalue weighted by atomic mass is 16.1. The van der Waals surface area contributed by atoms with Crippen LogP contribution in [0.2, 0.25) is 0 Å². The van der Waals surface area contributed by atoms with Crippen molar-refractivity contribution in [1.29, 1.82) is 0 Å². The number of nitrogens with one attached hydrogen (secondary N) is 1. The molecule has 1 amide bonds. The summed E-state index contributed by atoms with van der Waals surface area (Å²) in [5.41, 5.74) is 0.174. The van der Waals surface area contributed by atoms with E-state index in [-0.39, 0.29) is 11.4 Å². The average molecular weight is 127 g/mol. The second kappa shape index (κ2) is 2.01. The number of amides is 1. The molecule has 1 aliphatic rings. The van der Waals surface area contributed by atoms with Crippen LogP contribution in [0.1, 0.15) is 33.1 Å². The summed E-state index contributed by atoms with van der Waals surface area (Å²) in [5, 5.41) is 2.94. The molecule has 0 heterocycles. The zero-order chi connectivity index (χ0) is 6.91. The van der Waals surface area contributed by atoms with Gasteiger partial charge in [-0.3, -0.25) is 4.79 Å². The van der Waals surface area contributed by atoms with Crippen molar-refractivity contribution in [3.63, 3.8) is 0 Å². The van der Waals surface area contributed by atoms with Crippen LogP contribution in [-0.2, 0) is 4.79 Å². The minimum atomic E-state index is 0.174. The summed E-state index contributed by atoms with van der Waals surface area (Å²) in [5.74, 6) is 0.176. The fourth-order valence-electron chi connectivity index (χ4n) is 0.737. The first kappa shape index (κ1) is 6.59. The zero-order valence-electron chi connectivity index (χ0n) is 6.03. The van der Waals surface area contributed by atoms with Crippen molar-refractivity contribution in [3.8, 4) is 0 Å². The highest BCUT2D eigenvalue weighted by Gasteiger charge is 2.37. The molecule has 1 N–H and O–H groups in total. The Morgan fingerprint density at radius 2 is 2.22 bits per heavy atom. The summed E-state index contributed by atoms with van der Waals surface area (Å²) in [7, 11) is 0. The van der Waals surface area contributed by atoms with Crippen molar-refractivity contribution in [2.24, 2.45) is 0 Å². The molecule has 0 bridgehead atoms. The monoisotopic (exact) mass is 127 g/mol. The average Bonchev–Trinajstić information content (AvgIpc) is 2.48. The van der Waals surface area contributed by atoms with Crippen LogP contribution in [-0.4, -0.2) is 11.4 Å². The maximum atomic E-state index is 10.8. The Labute approximate surface area is 55.6 Å². The molecule has 1 fully saturated rings. The molecular weight excluding hydrogens is 114 g/mol. The molecule has 1 aliphatic carbocycles. The first-order valence-electron chi connectivity index (χ1n) is 3.47. The topological polar surface area (TPSA) is 29.1 Å². The Kier molecular flexibility index (Phi) is 1.47. The number of carbonyl (C=O) groups is 1. The van der Waals surface area contributed by atoms with Gasteiger partial charge < -0.3 is 5.32 Å². The summed E-state index contributed by atoms with van der Waals surface area (Å²) in [4.78, 5) is 10.8. The SMILES string of the molecule is CCC(=O)NC1(C)CC1. The Hall–Kier alpha value is -0.530. The van der Waals surface area contributed by atoms with E-state index >= 15 is 0 Å². The predicted octanol–water partition coefficient (Wildman–Crippen LogP) is 1.07. The van der Waals surface area contributed by atoms with Gasteiger partial charge in [0.15, 0.2) is 0 Å². The van der Waals surface area contributed by atoms with Gasteiger partial charge in [0.2, 0.25) is 5.91 Å². The molecular formula is C7H13NO. The van der Waals surface area contributed by atoms with Crippen molar-refractivity contribution in [3.05, 3.63) is 0 Å². The predicted molar refractivity (Wildman–Crippen MR) is 36.1 cm³/mol. The summed E-state index contributed by atoms with van der Waals surface area (Å²) >= 11 is 0. The highest BCUT2D eigenvalue weighted by Crippen LogP contribution is 2.34. The minimum Gasteiger partial charge on any atom is -0.351 e. The van der Waals surface area contributed by atoms with Crippen LogP contribution in [0.4, 0.5) is 0 Å². The van der Waals surface area contributed by atoms with E-state index in [1.807, 2.05) is 6.92 Å². The lowest BCUT2D eigenvalue weighted by molar-refractivity contribution is -0.121. The van der Waals surface area contributed by atoms with Crippen LogP contribution in [0.5, 0.6) is 0 Å². The second-order valence-electron chi connectivity index (χ2n) is 2.96. The highest BCUT2D eigenvalue weighted by molar-refractivity contribution is 5.76. The summed E-state index contributed by atoms with van der Waals surface area (Å²) in [6.07, 6.45) is 2.91. The molecule has 0 radical (unpaired) electrons. The summed E-state index contributed by atoms with van der Waals surface area (Å²) in [6.45, 7) is 3.96. The second-order valence-corrected chi connectivity index (χ2v) is 2.96. The third-order valence-corrected chi connectivity index (χ3v) is 1.76. The van der Waals surface area contributed by atoms with E-state index in [4.69, 9.17) is 0 Å². The summed E-state index contributed by atoms with van der Waals surface area (Å²) in [6, 6.07) is 0. The largest absolute Gasteiger partial charge is 0.351 e. The van der Waals surface area contributed by atoms with E-state index < -0.39 is 0 Å². The van der Waals surface area contributed by atoms with Crippen molar-refractivity contribution >= 4 is 5.91 Å². The van der Waals surface area contributed by atoms with Crippen LogP contribution in [0.15, 0.2) is 0 Å². The molecule has 0 aromatic carbocycles. The van der Waals surface area contributed by atoms with Gasteiger partial charge >= 0.3 is 0 Å². The third kappa shape index (κ3) is 1.70. The Balaban J connectivity index is 2.25. The molecule has 0 aromatic rings. The van der Waals surface area contributed by atoms with E-state index in [1.165, 1.54) is 0 Å². The molecule has 0 atom stereocenters. The van der Waals surface area contributed by atoms with Gasteiger partial charge in [0.25, 0.3) is 0 Å². The van der Waals surface area contributed by atoms with Crippen molar-refractivity contribution in [2.45, 2.75) is 38.6 Å². The quantitative estimate of drug-likeness (QED) is 0.590. The molecule has 2 nitrogen and oxygen atoms in total. The van der Waals surface area contributed by atoms with E-state index in [0.29, 0.717) is 6.42 Å². The number of hydrogen-bond donors (Lipinski definition) is 1. The van der Waals surface area contributed by atoms with Gasteiger partial charge in [0.05, 0.1) is 0 Å². The van der Waals surface area contributed by atoms with Gasteiger partial charge in [-0.05, 0) is 19.8 Å². The van der Waals surface area contributed by atoms with Gasteiger partial charge in [-0.15, -0.1) is 0 Å². The molecule has 9 heavy (non-hydrogen) atoms. The third-order valence-electron chi connectivity index (χ3n) is 1.76.